The Balaban J connectivity index is 0.923. The third-order valence-corrected chi connectivity index (χ3v) is 13.6. The van der Waals surface area contributed by atoms with Crippen LogP contribution in [0.3, 0.4) is 0 Å². The van der Waals surface area contributed by atoms with Gasteiger partial charge in [0.1, 0.15) is 23.2 Å². The lowest BCUT2D eigenvalue weighted by Gasteiger charge is -2.39. The number of carbonyl (C=O) groups is 2. The molecular formula is C42H46F2N10O7S. The van der Waals surface area contributed by atoms with E-state index in [9.17, 15) is 28.1 Å². The quantitative estimate of drug-likeness (QED) is 0.198. The number of hydrogen-bond donors (Lipinski definition) is 2. The standard InChI is InChI=1S/C42H46F2N10O7S/c1-25(2)62(58,59)49-35-9-7-32(43)39(31(35)22-45)61-28-6-8-34-29(19-28)41(56)54(24-46-34)27-5-4-13-51(17-18-60-23-27)26-10-14-52(15-11-26)37-21-36-30(20-33(37)44)40(48-50(36)3)53-16-12-38(55)47-42(53)57/h6-9,19-21,24-27,49H,4-5,10-18,23H2,1-3H3,(H,47,55,57)/t27-/m1/s1. The maximum Gasteiger partial charge on any atom is 0.329 e. The van der Waals surface area contributed by atoms with Crippen LogP contribution in [0.25, 0.3) is 21.8 Å². The summed E-state index contributed by atoms with van der Waals surface area (Å²) >= 11 is 0. The molecule has 0 spiro atoms. The summed E-state index contributed by atoms with van der Waals surface area (Å²) in [5.41, 5.74) is 0.690. The van der Waals surface area contributed by atoms with Crippen molar-refractivity contribution in [2.24, 2.45) is 7.05 Å². The van der Waals surface area contributed by atoms with Gasteiger partial charge in [-0.15, -0.1) is 0 Å². The molecule has 0 saturated carbocycles. The van der Waals surface area contributed by atoms with Crippen LogP contribution in [0, 0.1) is 23.0 Å². The molecule has 17 nitrogen and oxygen atoms in total. The highest BCUT2D eigenvalue weighted by Gasteiger charge is 2.31. The van der Waals surface area contributed by atoms with Gasteiger partial charge in [-0.25, -0.2) is 27.0 Å². The number of fused-ring (bicyclic) bond motifs is 2. The molecule has 8 rings (SSSR count). The zero-order chi connectivity index (χ0) is 43.9. The number of nitrogens with zero attached hydrogens (tertiary/aromatic N) is 8. The van der Waals surface area contributed by atoms with E-state index in [1.807, 2.05) is 11.0 Å². The Morgan fingerprint density at radius 3 is 2.50 bits per heavy atom. The lowest BCUT2D eigenvalue weighted by atomic mass is 10.0. The predicted molar refractivity (Wildman–Crippen MR) is 227 cm³/mol. The fraction of sp³-hybridized carbons (Fsp3) is 0.429. The normalized spacial score (nSPS) is 18.7. The molecule has 3 aliphatic heterocycles. The van der Waals surface area contributed by atoms with Gasteiger partial charge in [0.15, 0.2) is 17.4 Å². The molecule has 2 aromatic heterocycles. The van der Waals surface area contributed by atoms with Crippen molar-refractivity contribution in [3.05, 3.63) is 76.3 Å². The third-order valence-electron chi connectivity index (χ3n) is 11.8. The second kappa shape index (κ2) is 17.3. The molecule has 326 valence electrons. The lowest BCUT2D eigenvalue weighted by Crippen LogP contribution is -2.49. The average Bonchev–Trinajstić information content (AvgIpc) is 3.61. The molecule has 3 saturated heterocycles. The number of anilines is 3. The Kier molecular flexibility index (Phi) is 11.9. The summed E-state index contributed by atoms with van der Waals surface area (Å²) in [5.74, 6) is -1.79. The van der Waals surface area contributed by atoms with Crippen molar-refractivity contribution >= 4 is 61.0 Å². The Morgan fingerprint density at radius 1 is 0.968 bits per heavy atom. The molecule has 0 aliphatic carbocycles. The summed E-state index contributed by atoms with van der Waals surface area (Å²) in [7, 11) is -2.11. The Morgan fingerprint density at radius 2 is 1.76 bits per heavy atom. The van der Waals surface area contributed by atoms with Gasteiger partial charge < -0.3 is 14.4 Å². The van der Waals surface area contributed by atoms with Crippen LogP contribution in [-0.4, -0.2) is 102 Å². The molecule has 0 radical (unpaired) electrons. The van der Waals surface area contributed by atoms with Crippen LogP contribution in [0.1, 0.15) is 57.6 Å². The van der Waals surface area contributed by atoms with Crippen LogP contribution >= 0.6 is 0 Å². The number of nitriles is 1. The van der Waals surface area contributed by atoms with Crippen molar-refractivity contribution in [3.63, 3.8) is 0 Å². The minimum absolute atomic E-state index is 0.0539. The molecule has 3 fully saturated rings. The van der Waals surface area contributed by atoms with Crippen molar-refractivity contribution in [1.29, 1.82) is 5.26 Å². The highest BCUT2D eigenvalue weighted by Crippen LogP contribution is 2.36. The number of hydrogen-bond acceptors (Lipinski definition) is 12. The van der Waals surface area contributed by atoms with E-state index in [0.29, 0.717) is 60.6 Å². The fourth-order valence-corrected chi connectivity index (χ4v) is 9.03. The SMILES string of the molecule is CC(C)S(=O)(=O)Nc1ccc(F)c(Oc2ccc3ncn([C@@H]4CCCN(C5CCN(c6cc7c(cc6F)c(N6CCC(=O)NC6=O)nn7C)CC5)CCOC4)c(=O)c3c2)c1C#N. The van der Waals surface area contributed by atoms with E-state index in [-0.39, 0.29) is 65.5 Å². The predicted octanol–water partition coefficient (Wildman–Crippen LogP) is 5.14. The van der Waals surface area contributed by atoms with E-state index < -0.39 is 38.7 Å². The van der Waals surface area contributed by atoms with Gasteiger partial charge in [0, 0.05) is 51.1 Å². The molecular weight excluding hydrogens is 827 g/mol. The number of nitrogens with one attached hydrogen (secondary N) is 2. The molecule has 62 heavy (non-hydrogen) atoms. The molecule has 2 N–H and O–H groups in total. The lowest BCUT2D eigenvalue weighted by molar-refractivity contribution is -0.120. The van der Waals surface area contributed by atoms with Gasteiger partial charge in [0.2, 0.25) is 15.9 Å². The van der Waals surface area contributed by atoms with Gasteiger partial charge in [0.25, 0.3) is 5.56 Å². The summed E-state index contributed by atoms with van der Waals surface area (Å²) in [5, 5.41) is 16.6. The maximum absolute atomic E-state index is 15.8. The molecule has 0 unspecified atom stereocenters. The van der Waals surface area contributed by atoms with Crippen LogP contribution in [0.4, 0.5) is 30.8 Å². The first-order valence-corrected chi connectivity index (χ1v) is 22.0. The van der Waals surface area contributed by atoms with Crippen molar-refractivity contribution in [2.75, 3.05) is 60.5 Å². The van der Waals surface area contributed by atoms with Gasteiger partial charge in [-0.1, -0.05) is 0 Å². The van der Waals surface area contributed by atoms with E-state index in [0.717, 1.165) is 37.9 Å². The number of aryl methyl sites for hydroxylation is 1. The number of halogens is 2. The van der Waals surface area contributed by atoms with Gasteiger partial charge in [-0.3, -0.25) is 38.7 Å². The summed E-state index contributed by atoms with van der Waals surface area (Å²) in [6.07, 6.45) is 4.63. The van der Waals surface area contributed by atoms with Gasteiger partial charge >= 0.3 is 6.03 Å². The first kappa shape index (κ1) is 42.5. The number of urea groups is 1. The first-order chi connectivity index (χ1) is 29.7. The van der Waals surface area contributed by atoms with Crippen molar-refractivity contribution < 1.29 is 36.3 Å². The van der Waals surface area contributed by atoms with Crippen LogP contribution in [0.2, 0.25) is 0 Å². The number of ether oxygens (including phenoxy) is 2. The molecule has 1 atom stereocenters. The van der Waals surface area contributed by atoms with E-state index in [1.54, 1.807) is 28.4 Å². The molecule has 3 amide bonds. The summed E-state index contributed by atoms with van der Waals surface area (Å²) in [6.45, 7) is 6.55. The van der Waals surface area contributed by atoms with E-state index >= 15 is 8.78 Å². The zero-order valence-corrected chi connectivity index (χ0v) is 35.3. The second-order valence-corrected chi connectivity index (χ2v) is 18.2. The number of sulfonamides is 1. The Labute approximate surface area is 355 Å². The van der Waals surface area contributed by atoms with Crippen molar-refractivity contribution in [3.8, 4) is 17.6 Å². The van der Waals surface area contributed by atoms with Gasteiger partial charge in [0.05, 0.1) is 58.6 Å². The van der Waals surface area contributed by atoms with Gasteiger partial charge in [-0.2, -0.15) is 10.4 Å². The smallest absolute Gasteiger partial charge is 0.329 e. The van der Waals surface area contributed by atoms with Crippen LogP contribution in [0.5, 0.6) is 11.5 Å². The Hall–Kier alpha value is -6.17. The Bertz CT molecular complexity index is 2780. The maximum atomic E-state index is 15.8. The minimum atomic E-state index is -3.85. The van der Waals surface area contributed by atoms with E-state index in [1.165, 1.54) is 43.3 Å². The molecule has 20 heteroatoms. The van der Waals surface area contributed by atoms with E-state index in [2.05, 4.69) is 25.0 Å². The van der Waals surface area contributed by atoms with E-state index in [4.69, 9.17) is 9.47 Å². The fourth-order valence-electron chi connectivity index (χ4n) is 8.32. The van der Waals surface area contributed by atoms with Crippen LogP contribution in [-0.2, 0) is 26.6 Å². The largest absolute Gasteiger partial charge is 0.453 e. The van der Waals surface area contributed by atoms with Gasteiger partial charge in [-0.05, 0) is 88.5 Å². The van der Waals surface area contributed by atoms with Crippen molar-refractivity contribution in [2.45, 2.75) is 63.3 Å². The summed E-state index contributed by atoms with van der Waals surface area (Å²) in [4.78, 5) is 48.5. The number of carbonyl (C=O) groups excluding carboxylic acids is 2. The second-order valence-electron chi connectivity index (χ2n) is 16.0. The monoisotopic (exact) mass is 872 g/mol. The molecule has 3 aromatic carbocycles. The number of imide groups is 1. The number of amides is 3. The molecule has 5 aromatic rings. The summed E-state index contributed by atoms with van der Waals surface area (Å²) < 4.78 is 73.4. The minimum Gasteiger partial charge on any atom is -0.453 e. The molecule has 0 bridgehead atoms. The number of piperidine rings is 1. The highest BCUT2D eigenvalue weighted by atomic mass is 32.2. The third kappa shape index (κ3) is 8.39. The zero-order valence-electron chi connectivity index (χ0n) is 34.4. The molecule has 5 heterocycles. The topological polar surface area (TPSA) is 197 Å². The first-order valence-electron chi connectivity index (χ1n) is 20.5. The number of aromatic nitrogens is 4. The summed E-state index contributed by atoms with van der Waals surface area (Å²) in [6, 6.07) is 11.0. The molecule has 3 aliphatic rings. The average molecular weight is 873 g/mol. The van der Waals surface area contributed by atoms with Crippen LogP contribution < -0.4 is 30.1 Å². The number of benzene rings is 3. The highest BCUT2D eigenvalue weighted by molar-refractivity contribution is 7.93. The van der Waals surface area contributed by atoms with Crippen molar-refractivity contribution in [1.82, 2.24) is 29.5 Å². The number of rotatable bonds is 9. The van der Waals surface area contributed by atoms with Crippen LogP contribution in [0.15, 0.2) is 53.6 Å².